The molecule has 1 aromatic heterocycles. The van der Waals surface area contributed by atoms with Crippen LogP contribution < -0.4 is 11.1 Å². The number of anilines is 1. The highest BCUT2D eigenvalue weighted by Gasteiger charge is 2.26. The number of amides is 2. The third kappa shape index (κ3) is 4.38. The van der Waals surface area contributed by atoms with Crippen LogP contribution in [0.25, 0.3) is 0 Å². The number of fused-ring (bicyclic) bond motifs is 1. The van der Waals surface area contributed by atoms with Crippen LogP contribution in [0.3, 0.4) is 0 Å². The number of benzene rings is 1. The van der Waals surface area contributed by atoms with Gasteiger partial charge in [0.05, 0.1) is 11.3 Å². The van der Waals surface area contributed by atoms with Gasteiger partial charge in [0.2, 0.25) is 5.91 Å². The first-order valence-electron chi connectivity index (χ1n) is 9.15. The molecule has 0 unspecified atom stereocenters. The average Bonchev–Trinajstić information content (AvgIpc) is 3.13. The lowest BCUT2D eigenvalue weighted by Crippen LogP contribution is -2.19. The minimum Gasteiger partial charge on any atom is -0.365 e. The molecule has 1 aliphatic carbocycles. The number of carbonyl (C=O) groups is 2. The highest BCUT2D eigenvalue weighted by Crippen LogP contribution is 2.39. The molecule has 27 heavy (non-hydrogen) atoms. The maximum absolute atomic E-state index is 12.5. The zero-order chi connectivity index (χ0) is 19.8. The summed E-state index contributed by atoms with van der Waals surface area (Å²) in [6, 6.07) is 6.42. The summed E-state index contributed by atoms with van der Waals surface area (Å²) in [6.45, 7) is 8.60. The molecule has 144 valence electrons. The number of thioether (sulfide) groups is 1. The van der Waals surface area contributed by atoms with Crippen molar-refractivity contribution in [2.45, 2.75) is 57.3 Å². The number of hydrogen-bond acceptors (Lipinski definition) is 4. The van der Waals surface area contributed by atoms with Gasteiger partial charge in [-0.05, 0) is 54.4 Å². The summed E-state index contributed by atoms with van der Waals surface area (Å²) in [5, 5.41) is 3.52. The van der Waals surface area contributed by atoms with E-state index in [4.69, 9.17) is 5.73 Å². The van der Waals surface area contributed by atoms with Crippen molar-refractivity contribution in [2.75, 3.05) is 11.1 Å². The summed E-state index contributed by atoms with van der Waals surface area (Å²) >= 11 is 3.02. The van der Waals surface area contributed by atoms with E-state index in [2.05, 4.69) is 51.2 Å². The van der Waals surface area contributed by atoms with Gasteiger partial charge in [-0.3, -0.25) is 9.59 Å². The number of nitrogens with one attached hydrogen (secondary N) is 1. The molecule has 1 aliphatic rings. The van der Waals surface area contributed by atoms with Crippen LogP contribution in [-0.2, 0) is 23.1 Å². The maximum atomic E-state index is 12.5. The van der Waals surface area contributed by atoms with Gasteiger partial charge in [-0.25, -0.2) is 0 Å². The van der Waals surface area contributed by atoms with Gasteiger partial charge >= 0.3 is 0 Å². The number of aryl methyl sites for hydroxylation is 2. The number of carbonyl (C=O) groups excluding carboxylic acids is 2. The molecule has 1 aromatic carbocycles. The molecule has 0 saturated heterocycles. The molecule has 0 bridgehead atoms. The number of primary amides is 1. The van der Waals surface area contributed by atoms with Crippen molar-refractivity contribution in [1.82, 2.24) is 0 Å². The Morgan fingerprint density at radius 1 is 1.26 bits per heavy atom. The van der Waals surface area contributed by atoms with Gasteiger partial charge in [-0.2, -0.15) is 0 Å². The molecule has 2 amide bonds. The number of rotatable bonds is 5. The summed E-state index contributed by atoms with van der Waals surface area (Å²) in [5.41, 5.74) is 9.58. The van der Waals surface area contributed by atoms with Crippen molar-refractivity contribution in [1.29, 1.82) is 0 Å². The molecule has 0 aliphatic heterocycles. The Balaban J connectivity index is 1.70. The van der Waals surface area contributed by atoms with Crippen molar-refractivity contribution in [3.63, 3.8) is 0 Å². The summed E-state index contributed by atoms with van der Waals surface area (Å²) in [7, 11) is 0. The lowest BCUT2D eigenvalue weighted by molar-refractivity contribution is -0.113. The first kappa shape index (κ1) is 20.0. The van der Waals surface area contributed by atoms with E-state index in [9.17, 15) is 9.59 Å². The van der Waals surface area contributed by atoms with Crippen molar-refractivity contribution < 1.29 is 9.59 Å². The van der Waals surface area contributed by atoms with E-state index >= 15 is 0 Å². The Morgan fingerprint density at radius 2 is 2.00 bits per heavy atom. The Labute approximate surface area is 168 Å². The molecular weight excluding hydrogens is 376 g/mol. The van der Waals surface area contributed by atoms with Crippen LogP contribution in [0, 0.1) is 6.92 Å². The van der Waals surface area contributed by atoms with Gasteiger partial charge in [0.1, 0.15) is 5.00 Å². The van der Waals surface area contributed by atoms with Gasteiger partial charge in [-0.1, -0.05) is 32.9 Å². The van der Waals surface area contributed by atoms with E-state index in [0.29, 0.717) is 16.3 Å². The molecule has 0 spiro atoms. The van der Waals surface area contributed by atoms with E-state index in [1.54, 1.807) is 0 Å². The summed E-state index contributed by atoms with van der Waals surface area (Å²) in [5.74, 6) is -0.260. The molecule has 4 nitrogen and oxygen atoms in total. The average molecular weight is 403 g/mol. The van der Waals surface area contributed by atoms with Crippen LogP contribution in [0.1, 0.15) is 59.1 Å². The fourth-order valence-electron chi connectivity index (χ4n) is 3.28. The summed E-state index contributed by atoms with van der Waals surface area (Å²) in [6.07, 6.45) is 2.88. The minimum atomic E-state index is -0.453. The molecule has 2 aromatic rings. The zero-order valence-electron chi connectivity index (χ0n) is 16.3. The first-order valence-corrected chi connectivity index (χ1v) is 10.9. The van der Waals surface area contributed by atoms with Crippen LogP contribution in [-0.4, -0.2) is 17.6 Å². The number of nitrogens with two attached hydrogens (primary N) is 1. The van der Waals surface area contributed by atoms with E-state index < -0.39 is 5.91 Å². The van der Waals surface area contributed by atoms with Crippen molar-refractivity contribution >= 4 is 39.9 Å². The number of thiophene rings is 1. The summed E-state index contributed by atoms with van der Waals surface area (Å²) in [4.78, 5) is 26.6. The Morgan fingerprint density at radius 3 is 2.67 bits per heavy atom. The van der Waals surface area contributed by atoms with E-state index in [0.717, 1.165) is 35.3 Å². The molecule has 1 heterocycles. The van der Waals surface area contributed by atoms with Crippen LogP contribution in [0.15, 0.2) is 23.1 Å². The third-order valence-corrected chi connectivity index (χ3v) is 7.20. The van der Waals surface area contributed by atoms with Crippen molar-refractivity contribution in [2.24, 2.45) is 5.73 Å². The van der Waals surface area contributed by atoms with Gasteiger partial charge in [-0.15, -0.1) is 23.1 Å². The van der Waals surface area contributed by atoms with Crippen LogP contribution in [0.5, 0.6) is 0 Å². The van der Waals surface area contributed by atoms with Crippen LogP contribution >= 0.6 is 23.1 Å². The van der Waals surface area contributed by atoms with Crippen LogP contribution in [0.2, 0.25) is 0 Å². The number of hydrogen-bond donors (Lipinski definition) is 2. The highest BCUT2D eigenvalue weighted by atomic mass is 32.2. The molecule has 6 heteroatoms. The van der Waals surface area contributed by atoms with E-state index in [-0.39, 0.29) is 11.3 Å². The van der Waals surface area contributed by atoms with Crippen molar-refractivity contribution in [3.8, 4) is 0 Å². The molecular formula is C21H26N2O2S2. The van der Waals surface area contributed by atoms with Gasteiger partial charge in [0, 0.05) is 9.77 Å². The minimum absolute atomic E-state index is 0.0686. The molecule has 3 N–H and O–H groups in total. The van der Waals surface area contributed by atoms with Gasteiger partial charge in [0.15, 0.2) is 0 Å². The van der Waals surface area contributed by atoms with Gasteiger partial charge in [0.25, 0.3) is 5.91 Å². The lowest BCUT2D eigenvalue weighted by Gasteiger charge is -2.20. The fraction of sp³-hybridized carbons (Fsp3) is 0.429. The standard InChI is InChI=1S/C21H26N2O2S2/c1-12-8-9-13(21(2,3)4)10-16(12)26-11-17(24)23-20-18(19(22)25)14-6-5-7-15(14)27-20/h8-10H,5-7,11H2,1-4H3,(H2,22,25)(H,23,24). The molecule has 0 radical (unpaired) electrons. The Hall–Kier alpha value is -1.79. The second-order valence-corrected chi connectivity index (χ2v) is 10.1. The zero-order valence-corrected chi connectivity index (χ0v) is 17.9. The second kappa shape index (κ2) is 7.68. The maximum Gasteiger partial charge on any atom is 0.251 e. The monoisotopic (exact) mass is 402 g/mol. The Kier molecular flexibility index (Phi) is 5.68. The molecule has 3 rings (SSSR count). The predicted octanol–water partition coefficient (Wildman–Crippen LogP) is 4.67. The van der Waals surface area contributed by atoms with E-state index in [1.165, 1.54) is 33.5 Å². The fourth-order valence-corrected chi connectivity index (χ4v) is 5.46. The predicted molar refractivity (Wildman–Crippen MR) is 114 cm³/mol. The molecule has 0 saturated carbocycles. The SMILES string of the molecule is Cc1ccc(C(C)(C)C)cc1SCC(=O)Nc1sc2c(c1C(N)=O)CCC2. The lowest BCUT2D eigenvalue weighted by atomic mass is 9.87. The van der Waals surface area contributed by atoms with E-state index in [1.807, 2.05) is 0 Å². The van der Waals surface area contributed by atoms with Gasteiger partial charge < -0.3 is 11.1 Å². The van der Waals surface area contributed by atoms with Crippen LogP contribution in [0.4, 0.5) is 5.00 Å². The highest BCUT2D eigenvalue weighted by molar-refractivity contribution is 8.00. The normalized spacial score (nSPS) is 13.5. The molecule has 0 atom stereocenters. The largest absolute Gasteiger partial charge is 0.365 e. The second-order valence-electron chi connectivity index (χ2n) is 7.99. The molecule has 0 fully saturated rings. The third-order valence-electron chi connectivity index (χ3n) is 4.83. The topological polar surface area (TPSA) is 72.2 Å². The quantitative estimate of drug-likeness (QED) is 0.714. The Bertz CT molecular complexity index is 894. The first-order chi connectivity index (χ1) is 12.7. The summed E-state index contributed by atoms with van der Waals surface area (Å²) < 4.78 is 0. The smallest absolute Gasteiger partial charge is 0.251 e. The van der Waals surface area contributed by atoms with Crippen molar-refractivity contribution in [3.05, 3.63) is 45.3 Å².